The number of rotatable bonds is 3. The third kappa shape index (κ3) is 2.71. The van der Waals surface area contributed by atoms with E-state index in [1.807, 2.05) is 12.1 Å². The molecular weight excluding hydrogens is 244 g/mol. The first kappa shape index (κ1) is 13.0. The predicted molar refractivity (Wildman–Crippen MR) is 71.3 cm³/mol. The monoisotopic (exact) mass is 258 g/mol. The first-order chi connectivity index (χ1) is 9.15. The highest BCUT2D eigenvalue weighted by atomic mass is 16.5. The van der Waals surface area contributed by atoms with E-state index in [-0.39, 0.29) is 12.3 Å². The van der Waals surface area contributed by atoms with Gasteiger partial charge in [0.2, 0.25) is 0 Å². The Morgan fingerprint density at radius 2 is 2.05 bits per heavy atom. The van der Waals surface area contributed by atoms with Crippen molar-refractivity contribution >= 4 is 11.7 Å². The van der Waals surface area contributed by atoms with Crippen molar-refractivity contribution in [3.63, 3.8) is 0 Å². The minimum absolute atomic E-state index is 0.0111. The number of methoxy groups -OCH3 is 1. The number of ether oxygens (including phenoxy) is 1. The van der Waals surface area contributed by atoms with Crippen LogP contribution >= 0.6 is 0 Å². The molecule has 1 aromatic carbocycles. The van der Waals surface area contributed by atoms with Crippen LogP contribution in [0, 0.1) is 0 Å². The smallest absolute Gasteiger partial charge is 0.340 e. The average molecular weight is 258 g/mol. The summed E-state index contributed by atoms with van der Waals surface area (Å²) in [7, 11) is 1.30. The van der Waals surface area contributed by atoms with Crippen LogP contribution in [0.4, 0.5) is 5.69 Å². The second-order valence-electron chi connectivity index (χ2n) is 4.00. The zero-order valence-electron chi connectivity index (χ0n) is 10.5. The number of esters is 1. The number of carbonyl (C=O) groups excluding carboxylic acids is 1. The summed E-state index contributed by atoms with van der Waals surface area (Å²) in [6.07, 6.45) is 1.43. The van der Waals surface area contributed by atoms with E-state index in [4.69, 9.17) is 10.8 Å². The summed E-state index contributed by atoms with van der Waals surface area (Å²) >= 11 is 0. The molecule has 0 fully saturated rings. The number of pyridine rings is 1. The molecule has 0 atom stereocenters. The van der Waals surface area contributed by atoms with Gasteiger partial charge in [-0.2, -0.15) is 0 Å². The minimum Gasteiger partial charge on any atom is -0.465 e. The van der Waals surface area contributed by atoms with Crippen LogP contribution in [0.15, 0.2) is 36.5 Å². The Hall–Kier alpha value is -2.40. The lowest BCUT2D eigenvalue weighted by atomic mass is 10.1. The number of carbonyl (C=O) groups is 1. The number of nitrogen functional groups attached to an aromatic ring is 1. The number of aliphatic hydroxyl groups excluding tert-OH is 1. The topological polar surface area (TPSA) is 85.4 Å². The van der Waals surface area contributed by atoms with Crippen LogP contribution in [0.2, 0.25) is 0 Å². The van der Waals surface area contributed by atoms with E-state index in [0.717, 1.165) is 11.1 Å². The fourth-order valence-electron chi connectivity index (χ4n) is 1.69. The van der Waals surface area contributed by atoms with Crippen molar-refractivity contribution in [1.82, 2.24) is 4.98 Å². The van der Waals surface area contributed by atoms with Gasteiger partial charge in [-0.1, -0.05) is 24.3 Å². The van der Waals surface area contributed by atoms with Gasteiger partial charge in [0.05, 0.1) is 36.9 Å². The fourth-order valence-corrected chi connectivity index (χ4v) is 1.69. The van der Waals surface area contributed by atoms with Crippen LogP contribution in [0.25, 0.3) is 11.3 Å². The summed E-state index contributed by atoms with van der Waals surface area (Å²) in [5.74, 6) is -0.492. The summed E-state index contributed by atoms with van der Waals surface area (Å²) in [5.41, 5.74) is 8.54. The van der Waals surface area contributed by atoms with Crippen molar-refractivity contribution < 1.29 is 14.6 Å². The van der Waals surface area contributed by atoms with Crippen molar-refractivity contribution in [3.05, 3.63) is 47.7 Å². The van der Waals surface area contributed by atoms with Gasteiger partial charge in [0.1, 0.15) is 0 Å². The predicted octanol–water partition coefficient (Wildman–Crippen LogP) is 1.61. The van der Waals surface area contributed by atoms with Gasteiger partial charge in [0, 0.05) is 5.56 Å². The largest absolute Gasteiger partial charge is 0.465 e. The van der Waals surface area contributed by atoms with Gasteiger partial charge in [0.15, 0.2) is 0 Å². The lowest BCUT2D eigenvalue weighted by molar-refractivity contribution is 0.0602. The fraction of sp³-hybridized carbons (Fsp3) is 0.143. The number of hydrogen-bond acceptors (Lipinski definition) is 5. The molecule has 0 saturated heterocycles. The van der Waals surface area contributed by atoms with Gasteiger partial charge in [-0.15, -0.1) is 0 Å². The lowest BCUT2D eigenvalue weighted by Crippen LogP contribution is -2.06. The van der Waals surface area contributed by atoms with Crippen molar-refractivity contribution in [2.45, 2.75) is 6.61 Å². The lowest BCUT2D eigenvalue weighted by Gasteiger charge is -2.07. The molecular formula is C14H14N2O3. The average Bonchev–Trinajstić information content (AvgIpc) is 2.47. The molecule has 0 aliphatic carbocycles. The molecule has 0 aliphatic rings. The number of hydrogen-bond donors (Lipinski definition) is 2. The maximum absolute atomic E-state index is 11.6. The third-order valence-electron chi connectivity index (χ3n) is 2.77. The van der Waals surface area contributed by atoms with Crippen LogP contribution in [0.3, 0.4) is 0 Å². The normalized spacial score (nSPS) is 10.2. The number of anilines is 1. The molecule has 0 saturated carbocycles. The molecule has 2 rings (SSSR count). The summed E-state index contributed by atoms with van der Waals surface area (Å²) in [6, 6.07) is 8.84. The summed E-state index contributed by atoms with van der Waals surface area (Å²) < 4.78 is 4.66. The van der Waals surface area contributed by atoms with E-state index < -0.39 is 5.97 Å². The van der Waals surface area contributed by atoms with Gasteiger partial charge in [-0.3, -0.25) is 4.98 Å². The highest BCUT2D eigenvalue weighted by molar-refractivity contribution is 5.95. The van der Waals surface area contributed by atoms with E-state index in [9.17, 15) is 4.79 Å². The van der Waals surface area contributed by atoms with Crippen molar-refractivity contribution in [2.24, 2.45) is 0 Å². The Morgan fingerprint density at radius 3 is 2.63 bits per heavy atom. The molecule has 0 aliphatic heterocycles. The van der Waals surface area contributed by atoms with Gasteiger partial charge >= 0.3 is 5.97 Å². The molecule has 0 bridgehead atoms. The second kappa shape index (κ2) is 5.49. The Bertz CT molecular complexity index is 594. The number of aliphatic hydroxyl groups is 1. The first-order valence-electron chi connectivity index (χ1n) is 5.69. The van der Waals surface area contributed by atoms with Crippen molar-refractivity contribution in [1.29, 1.82) is 0 Å². The quantitative estimate of drug-likeness (QED) is 0.817. The number of nitrogens with two attached hydrogens (primary N) is 1. The van der Waals surface area contributed by atoms with Gasteiger partial charge in [-0.25, -0.2) is 4.79 Å². The Morgan fingerprint density at radius 1 is 1.37 bits per heavy atom. The minimum atomic E-state index is -0.492. The molecule has 1 heterocycles. The van der Waals surface area contributed by atoms with E-state index in [1.54, 1.807) is 18.2 Å². The molecule has 0 radical (unpaired) electrons. The molecule has 98 valence electrons. The van der Waals surface area contributed by atoms with Crippen molar-refractivity contribution in [3.8, 4) is 11.3 Å². The van der Waals surface area contributed by atoms with Gasteiger partial charge in [-0.05, 0) is 11.6 Å². The molecule has 0 spiro atoms. The SMILES string of the molecule is COC(=O)c1cc(-c2ccc(CO)cc2)ncc1N. The standard InChI is InChI=1S/C14H14N2O3/c1-19-14(18)11-6-13(16-7-12(11)15)10-4-2-9(8-17)3-5-10/h2-7,17H,8,15H2,1H3. The maximum Gasteiger partial charge on any atom is 0.340 e. The Labute approximate surface area is 110 Å². The molecule has 1 aromatic heterocycles. The van der Waals surface area contributed by atoms with Gasteiger partial charge in [0.25, 0.3) is 0 Å². The van der Waals surface area contributed by atoms with Gasteiger partial charge < -0.3 is 15.6 Å². The molecule has 0 unspecified atom stereocenters. The Kier molecular flexibility index (Phi) is 3.77. The van der Waals surface area contributed by atoms with E-state index in [0.29, 0.717) is 11.3 Å². The molecule has 0 amide bonds. The number of aromatic nitrogens is 1. The summed E-state index contributed by atoms with van der Waals surface area (Å²) in [5, 5.41) is 8.99. The van der Waals surface area contributed by atoms with Crippen LogP contribution < -0.4 is 5.73 Å². The first-order valence-corrected chi connectivity index (χ1v) is 5.69. The third-order valence-corrected chi connectivity index (χ3v) is 2.77. The highest BCUT2D eigenvalue weighted by Crippen LogP contribution is 2.22. The highest BCUT2D eigenvalue weighted by Gasteiger charge is 2.12. The van der Waals surface area contributed by atoms with Crippen LogP contribution in [-0.2, 0) is 11.3 Å². The number of nitrogens with zero attached hydrogens (tertiary/aromatic N) is 1. The zero-order chi connectivity index (χ0) is 13.8. The maximum atomic E-state index is 11.6. The molecule has 3 N–H and O–H groups in total. The molecule has 5 nitrogen and oxygen atoms in total. The molecule has 2 aromatic rings. The van der Waals surface area contributed by atoms with E-state index >= 15 is 0 Å². The summed E-state index contributed by atoms with van der Waals surface area (Å²) in [6.45, 7) is -0.0111. The number of benzene rings is 1. The van der Waals surface area contributed by atoms with Crippen LogP contribution in [0.1, 0.15) is 15.9 Å². The van der Waals surface area contributed by atoms with E-state index in [1.165, 1.54) is 13.3 Å². The van der Waals surface area contributed by atoms with E-state index in [2.05, 4.69) is 9.72 Å². The van der Waals surface area contributed by atoms with Crippen LogP contribution in [-0.4, -0.2) is 23.2 Å². The zero-order valence-corrected chi connectivity index (χ0v) is 10.5. The van der Waals surface area contributed by atoms with Crippen molar-refractivity contribution in [2.75, 3.05) is 12.8 Å². The Balaban J connectivity index is 2.42. The second-order valence-corrected chi connectivity index (χ2v) is 4.00. The van der Waals surface area contributed by atoms with Crippen LogP contribution in [0.5, 0.6) is 0 Å². The molecule has 5 heteroatoms. The molecule has 19 heavy (non-hydrogen) atoms. The summed E-state index contributed by atoms with van der Waals surface area (Å²) in [4.78, 5) is 15.7.